The number of hydrogen-bond donors (Lipinski definition) is 2. The van der Waals surface area contributed by atoms with Crippen molar-refractivity contribution in [3.8, 4) is 0 Å². The molecule has 0 radical (unpaired) electrons. The van der Waals surface area contributed by atoms with E-state index < -0.39 is 64.1 Å². The highest BCUT2D eigenvalue weighted by Crippen LogP contribution is 2.29. The van der Waals surface area contributed by atoms with Crippen molar-refractivity contribution in [2.24, 2.45) is 10.8 Å². The van der Waals surface area contributed by atoms with E-state index in [4.69, 9.17) is 29.4 Å². The number of methoxy groups -OCH3 is 1. The highest BCUT2D eigenvalue weighted by molar-refractivity contribution is 8.15. The maximum atomic E-state index is 15.7. The number of cyclic esters (lactones) is 1. The number of esters is 2. The van der Waals surface area contributed by atoms with E-state index in [9.17, 15) is 19.2 Å². The van der Waals surface area contributed by atoms with Gasteiger partial charge in [0, 0.05) is 5.56 Å². The summed E-state index contributed by atoms with van der Waals surface area (Å²) in [5.41, 5.74) is 6.00. The lowest BCUT2D eigenvalue weighted by molar-refractivity contribution is -0.158. The predicted octanol–water partition coefficient (Wildman–Crippen LogP) is 4.10. The van der Waals surface area contributed by atoms with Crippen molar-refractivity contribution in [1.29, 1.82) is 0 Å². The fraction of sp³-hybridized carbons (Fsp3) is 0.621. The molecule has 44 heavy (non-hydrogen) atoms. The Kier molecular flexibility index (Phi) is 12.2. The van der Waals surface area contributed by atoms with Crippen molar-refractivity contribution < 1.29 is 47.3 Å². The molecule has 2 amide bonds. The molecule has 1 heterocycles. The van der Waals surface area contributed by atoms with Gasteiger partial charge in [-0.25, -0.2) is 19.4 Å². The monoisotopic (exact) mass is 642 g/mol. The molecule has 0 spiro atoms. The van der Waals surface area contributed by atoms with Crippen molar-refractivity contribution in [3.05, 3.63) is 29.6 Å². The van der Waals surface area contributed by atoms with E-state index in [0.717, 1.165) is 22.7 Å². The third-order valence-corrected chi connectivity index (χ3v) is 6.59. The summed E-state index contributed by atoms with van der Waals surface area (Å²) in [5.74, 6) is -2.24. The first-order valence-corrected chi connectivity index (χ1v) is 14.7. The summed E-state index contributed by atoms with van der Waals surface area (Å²) < 4.78 is 42.1. The Morgan fingerprint density at radius 2 is 1.68 bits per heavy atom. The number of hydrazone groups is 1. The Hall–Kier alpha value is -3.43. The van der Waals surface area contributed by atoms with E-state index in [1.54, 1.807) is 62.3 Å². The molecule has 0 aromatic heterocycles. The largest absolute Gasteiger partial charge is 0.468 e. The van der Waals surface area contributed by atoms with Gasteiger partial charge in [0.15, 0.2) is 0 Å². The maximum Gasteiger partial charge on any atom is 0.428 e. The number of benzene rings is 1. The highest BCUT2D eigenvalue weighted by atomic mass is 32.2. The van der Waals surface area contributed by atoms with Crippen LogP contribution in [0.4, 0.5) is 19.7 Å². The van der Waals surface area contributed by atoms with Crippen LogP contribution in [0.25, 0.3) is 0 Å². The van der Waals surface area contributed by atoms with E-state index >= 15 is 4.39 Å². The molecule has 13 nitrogen and oxygen atoms in total. The van der Waals surface area contributed by atoms with E-state index in [1.165, 1.54) is 19.2 Å². The van der Waals surface area contributed by atoms with Crippen molar-refractivity contribution in [2.75, 3.05) is 25.2 Å². The lowest BCUT2D eigenvalue weighted by Gasteiger charge is -2.24. The summed E-state index contributed by atoms with van der Waals surface area (Å²) >= 11 is 0.808. The number of amides is 2. The highest BCUT2D eigenvalue weighted by Gasteiger charge is 2.41. The number of hydrogen-bond acceptors (Lipinski definition) is 12. The zero-order chi connectivity index (χ0) is 33.6. The zero-order valence-corrected chi connectivity index (χ0v) is 27.6. The number of ether oxygens (including phenoxy) is 5. The predicted molar refractivity (Wildman–Crippen MR) is 163 cm³/mol. The first-order chi connectivity index (χ1) is 20.1. The van der Waals surface area contributed by atoms with Crippen LogP contribution < -0.4 is 16.1 Å². The lowest BCUT2D eigenvalue weighted by Crippen LogP contribution is -2.47. The number of nitrogens with zero attached hydrogens (tertiary/aromatic N) is 2. The summed E-state index contributed by atoms with van der Waals surface area (Å²) in [4.78, 5) is 51.1. The van der Waals surface area contributed by atoms with Crippen LogP contribution in [0, 0.1) is 5.82 Å². The second kappa shape index (κ2) is 14.6. The number of halogens is 1. The maximum absolute atomic E-state index is 15.7. The van der Waals surface area contributed by atoms with Crippen LogP contribution in [0.1, 0.15) is 67.9 Å². The van der Waals surface area contributed by atoms with Gasteiger partial charge >= 0.3 is 24.1 Å². The molecular weight excluding hydrogens is 599 g/mol. The summed E-state index contributed by atoms with van der Waals surface area (Å²) in [6, 6.07) is 2.54. The topological polar surface area (TPSA) is 168 Å². The number of carbonyl (C=O) groups excluding carboxylic acids is 4. The van der Waals surface area contributed by atoms with Gasteiger partial charge in [-0.05, 0) is 80.5 Å². The Bertz CT molecular complexity index is 1250. The summed E-state index contributed by atoms with van der Waals surface area (Å²) in [5, 5.41) is 2.96. The summed E-state index contributed by atoms with van der Waals surface area (Å²) in [6.45, 7) is 15.2. The molecule has 2 unspecified atom stereocenters. The Labute approximate surface area is 261 Å². The molecule has 0 bridgehead atoms. The van der Waals surface area contributed by atoms with Gasteiger partial charge in [0.2, 0.25) is 0 Å². The number of nitrogens with two attached hydrogens (primary N) is 1. The Balaban J connectivity index is 2.38. The van der Waals surface area contributed by atoms with Gasteiger partial charge in [-0.3, -0.25) is 14.5 Å². The quantitative estimate of drug-likeness (QED) is 0.131. The molecule has 15 heteroatoms. The zero-order valence-electron chi connectivity index (χ0n) is 26.8. The number of anilines is 1. The van der Waals surface area contributed by atoms with Crippen LogP contribution in [0.15, 0.2) is 23.3 Å². The number of thioether (sulfide) groups is 1. The van der Waals surface area contributed by atoms with Gasteiger partial charge in [0.05, 0.1) is 31.5 Å². The lowest BCUT2D eigenvalue weighted by atomic mass is 10.1. The first-order valence-electron chi connectivity index (χ1n) is 13.8. The van der Waals surface area contributed by atoms with E-state index in [-0.39, 0.29) is 29.4 Å². The van der Waals surface area contributed by atoms with Crippen molar-refractivity contribution in [3.63, 3.8) is 0 Å². The molecule has 1 aromatic rings. The number of nitrogens with one attached hydrogen (secondary N) is 1. The molecule has 1 aromatic carbocycles. The van der Waals surface area contributed by atoms with Gasteiger partial charge < -0.3 is 29.4 Å². The molecule has 2 rings (SSSR count). The van der Waals surface area contributed by atoms with Gasteiger partial charge in [-0.2, -0.15) is 5.10 Å². The minimum absolute atomic E-state index is 0.0957. The van der Waals surface area contributed by atoms with Crippen LogP contribution >= 0.6 is 11.8 Å². The average Bonchev–Trinajstić information content (AvgIpc) is 3.26. The minimum Gasteiger partial charge on any atom is -0.468 e. The molecule has 0 aliphatic carbocycles. The molecular formula is C29H43FN4O9S. The molecule has 1 aliphatic rings. The van der Waals surface area contributed by atoms with Crippen molar-refractivity contribution >= 4 is 46.6 Å². The normalized spacial score (nSPS) is 17.5. The second-order valence-electron chi connectivity index (χ2n) is 12.8. The van der Waals surface area contributed by atoms with E-state index in [1.807, 2.05) is 0 Å². The Morgan fingerprint density at radius 1 is 1.07 bits per heavy atom. The second-order valence-corrected chi connectivity index (χ2v) is 14.0. The molecule has 246 valence electrons. The first kappa shape index (κ1) is 36.8. The van der Waals surface area contributed by atoms with Crippen LogP contribution in [0.5, 0.6) is 0 Å². The van der Waals surface area contributed by atoms with Gasteiger partial charge in [0.1, 0.15) is 39.5 Å². The van der Waals surface area contributed by atoms with Crippen LogP contribution in [-0.2, 0) is 33.3 Å². The molecule has 1 saturated heterocycles. The number of carbonyl (C=O) groups is 4. The molecule has 0 saturated carbocycles. The third-order valence-electron chi connectivity index (χ3n) is 5.44. The SMILES string of the molecule is COC(=O)C(COC(C)(C)C)S/C(=N/NC(=O)OC(C)(C)C)c1ccc(N2CC([C@H](N)C(=O)OC(C)(C)C)OC2=O)cc1F. The molecule has 3 atom stereocenters. The third kappa shape index (κ3) is 11.6. The summed E-state index contributed by atoms with van der Waals surface area (Å²) in [7, 11) is 1.20. The van der Waals surface area contributed by atoms with Crippen molar-refractivity contribution in [2.45, 2.75) is 96.5 Å². The van der Waals surface area contributed by atoms with Crippen LogP contribution in [-0.4, -0.2) is 83.6 Å². The fourth-order valence-corrected chi connectivity index (χ4v) is 4.53. The van der Waals surface area contributed by atoms with Gasteiger partial charge in [-0.1, -0.05) is 11.8 Å². The molecule has 1 fully saturated rings. The minimum atomic E-state index is -1.26. The number of rotatable bonds is 9. The van der Waals surface area contributed by atoms with Crippen LogP contribution in [0.3, 0.4) is 0 Å². The molecule has 3 N–H and O–H groups in total. The van der Waals surface area contributed by atoms with Crippen molar-refractivity contribution in [1.82, 2.24) is 5.43 Å². The van der Waals surface area contributed by atoms with Gasteiger partial charge in [-0.15, -0.1) is 0 Å². The average molecular weight is 643 g/mol. The Morgan fingerprint density at radius 3 is 2.20 bits per heavy atom. The van der Waals surface area contributed by atoms with Crippen LogP contribution in [0.2, 0.25) is 0 Å². The van der Waals surface area contributed by atoms with E-state index in [0.29, 0.717) is 0 Å². The van der Waals surface area contributed by atoms with Gasteiger partial charge in [0.25, 0.3) is 0 Å². The smallest absolute Gasteiger partial charge is 0.428 e. The standard InChI is InChI=1S/C29H43FN4O9S/c1-27(2,3)40-15-20(23(35)39-10)44-22(32-33-25(37)43-29(7,8)9)17-12-11-16(13-18(17)30)34-14-19(41-26(34)38)21(31)24(36)42-28(4,5)6/h11-13,19-21H,14-15,31H2,1-10H3,(H,33,37)/b32-22+/t19?,20?,21-/m0/s1. The summed E-state index contributed by atoms with van der Waals surface area (Å²) in [6.07, 6.45) is -2.77. The molecule has 1 aliphatic heterocycles. The fourth-order valence-electron chi connectivity index (χ4n) is 3.54. The van der Waals surface area contributed by atoms with E-state index in [2.05, 4.69) is 10.5 Å².